The molecule has 116 valence electrons. The SMILES string of the molecule is CNc1c(F)cccc1C(=O)NCC(C)N1CCCCC1. The van der Waals surface area contributed by atoms with Crippen LogP contribution in [-0.4, -0.2) is 43.5 Å². The molecule has 0 aromatic heterocycles. The highest BCUT2D eigenvalue weighted by atomic mass is 19.1. The number of para-hydroxylation sites is 1. The van der Waals surface area contributed by atoms with E-state index in [2.05, 4.69) is 22.5 Å². The van der Waals surface area contributed by atoms with Crippen LogP contribution in [0.25, 0.3) is 0 Å². The summed E-state index contributed by atoms with van der Waals surface area (Å²) in [6.45, 7) is 4.90. The Hall–Kier alpha value is -1.62. The molecule has 1 atom stereocenters. The molecule has 1 aromatic carbocycles. The number of nitrogens with zero attached hydrogens (tertiary/aromatic N) is 1. The average Bonchev–Trinajstić information content (AvgIpc) is 2.52. The Labute approximate surface area is 125 Å². The molecule has 1 heterocycles. The highest BCUT2D eigenvalue weighted by Gasteiger charge is 2.19. The fourth-order valence-corrected chi connectivity index (χ4v) is 2.79. The van der Waals surface area contributed by atoms with E-state index in [0.29, 0.717) is 18.2 Å². The maximum atomic E-state index is 13.6. The lowest BCUT2D eigenvalue weighted by molar-refractivity contribution is 0.0930. The van der Waals surface area contributed by atoms with Gasteiger partial charge >= 0.3 is 0 Å². The second kappa shape index (κ2) is 7.41. The van der Waals surface area contributed by atoms with Crippen molar-refractivity contribution >= 4 is 11.6 Å². The Bertz CT molecular complexity index is 486. The molecule has 0 spiro atoms. The van der Waals surface area contributed by atoms with Crippen LogP contribution in [0.4, 0.5) is 10.1 Å². The van der Waals surface area contributed by atoms with E-state index in [1.54, 1.807) is 19.2 Å². The maximum absolute atomic E-state index is 13.6. The van der Waals surface area contributed by atoms with E-state index in [1.807, 2.05) is 0 Å². The Morgan fingerprint density at radius 3 is 2.71 bits per heavy atom. The minimum absolute atomic E-state index is 0.234. The van der Waals surface area contributed by atoms with Crippen LogP contribution in [0.1, 0.15) is 36.5 Å². The van der Waals surface area contributed by atoms with Gasteiger partial charge in [0.25, 0.3) is 5.91 Å². The molecule has 0 saturated carbocycles. The van der Waals surface area contributed by atoms with Gasteiger partial charge in [-0.15, -0.1) is 0 Å². The first-order valence-corrected chi connectivity index (χ1v) is 7.62. The van der Waals surface area contributed by atoms with Crippen LogP contribution in [0.15, 0.2) is 18.2 Å². The third kappa shape index (κ3) is 3.94. The van der Waals surface area contributed by atoms with E-state index in [0.717, 1.165) is 13.1 Å². The Balaban J connectivity index is 1.94. The number of carbonyl (C=O) groups excluding carboxylic acids is 1. The minimum Gasteiger partial charge on any atom is -0.385 e. The fourth-order valence-electron chi connectivity index (χ4n) is 2.79. The van der Waals surface area contributed by atoms with Crippen LogP contribution in [0.2, 0.25) is 0 Å². The van der Waals surface area contributed by atoms with Gasteiger partial charge in [0.05, 0.1) is 11.3 Å². The number of hydrogen-bond donors (Lipinski definition) is 2. The zero-order chi connectivity index (χ0) is 15.2. The number of hydrogen-bond acceptors (Lipinski definition) is 3. The minimum atomic E-state index is -0.408. The summed E-state index contributed by atoms with van der Waals surface area (Å²) in [5.41, 5.74) is 0.601. The van der Waals surface area contributed by atoms with Gasteiger partial charge in [-0.05, 0) is 45.0 Å². The van der Waals surface area contributed by atoms with Crippen molar-refractivity contribution in [2.24, 2.45) is 0 Å². The van der Waals surface area contributed by atoms with Gasteiger partial charge in [-0.2, -0.15) is 0 Å². The number of carbonyl (C=O) groups is 1. The summed E-state index contributed by atoms with van der Waals surface area (Å²) in [5, 5.41) is 5.66. The van der Waals surface area contributed by atoms with E-state index in [-0.39, 0.29) is 11.6 Å². The fraction of sp³-hybridized carbons (Fsp3) is 0.562. The maximum Gasteiger partial charge on any atom is 0.253 e. The number of anilines is 1. The summed E-state index contributed by atoms with van der Waals surface area (Å²) in [4.78, 5) is 14.6. The summed E-state index contributed by atoms with van der Waals surface area (Å²) in [6, 6.07) is 4.84. The van der Waals surface area contributed by atoms with Gasteiger partial charge in [0.15, 0.2) is 0 Å². The van der Waals surface area contributed by atoms with Gasteiger partial charge in [-0.25, -0.2) is 4.39 Å². The molecule has 0 radical (unpaired) electrons. The van der Waals surface area contributed by atoms with Crippen molar-refractivity contribution in [2.75, 3.05) is 32.0 Å². The predicted octanol–water partition coefficient (Wildman–Crippen LogP) is 2.47. The third-order valence-corrected chi connectivity index (χ3v) is 4.08. The normalized spacial score (nSPS) is 17.3. The smallest absolute Gasteiger partial charge is 0.253 e. The molecule has 21 heavy (non-hydrogen) atoms. The lowest BCUT2D eigenvalue weighted by Gasteiger charge is -2.32. The first-order chi connectivity index (χ1) is 10.1. The molecule has 1 aliphatic rings. The van der Waals surface area contributed by atoms with Gasteiger partial charge in [0.1, 0.15) is 5.82 Å². The average molecular weight is 293 g/mol. The molecule has 2 rings (SSSR count). The van der Waals surface area contributed by atoms with Crippen molar-refractivity contribution < 1.29 is 9.18 Å². The predicted molar refractivity (Wildman–Crippen MR) is 83.2 cm³/mol. The van der Waals surface area contributed by atoms with Crippen molar-refractivity contribution in [3.8, 4) is 0 Å². The molecule has 0 bridgehead atoms. The van der Waals surface area contributed by atoms with Gasteiger partial charge in [-0.1, -0.05) is 12.5 Å². The zero-order valence-corrected chi connectivity index (χ0v) is 12.8. The highest BCUT2D eigenvalue weighted by molar-refractivity contribution is 5.99. The molecule has 1 aromatic rings. The Morgan fingerprint density at radius 2 is 2.05 bits per heavy atom. The number of rotatable bonds is 5. The first kappa shape index (κ1) is 15.8. The molecule has 1 aliphatic heterocycles. The second-order valence-corrected chi connectivity index (χ2v) is 5.57. The van der Waals surface area contributed by atoms with Crippen LogP contribution in [0.5, 0.6) is 0 Å². The number of amides is 1. The van der Waals surface area contributed by atoms with Crippen molar-refractivity contribution in [1.82, 2.24) is 10.2 Å². The molecule has 1 amide bonds. The van der Waals surface area contributed by atoms with Crippen molar-refractivity contribution in [1.29, 1.82) is 0 Å². The molecule has 1 saturated heterocycles. The second-order valence-electron chi connectivity index (χ2n) is 5.57. The quantitative estimate of drug-likeness (QED) is 0.876. The van der Waals surface area contributed by atoms with Crippen molar-refractivity contribution in [2.45, 2.75) is 32.2 Å². The van der Waals surface area contributed by atoms with Crippen molar-refractivity contribution in [3.63, 3.8) is 0 Å². The first-order valence-electron chi connectivity index (χ1n) is 7.62. The van der Waals surface area contributed by atoms with Crippen LogP contribution >= 0.6 is 0 Å². The molecule has 5 heteroatoms. The molecule has 0 aliphatic carbocycles. The van der Waals surface area contributed by atoms with Gasteiger partial charge in [0.2, 0.25) is 0 Å². The van der Waals surface area contributed by atoms with E-state index in [1.165, 1.54) is 25.3 Å². The third-order valence-electron chi connectivity index (χ3n) is 4.08. The Kier molecular flexibility index (Phi) is 5.56. The van der Waals surface area contributed by atoms with Crippen LogP contribution < -0.4 is 10.6 Å². The summed E-state index contributed by atoms with van der Waals surface area (Å²) in [6.07, 6.45) is 3.75. The number of benzene rings is 1. The van der Waals surface area contributed by atoms with E-state index in [9.17, 15) is 9.18 Å². The molecule has 1 fully saturated rings. The number of likely N-dealkylation sites (tertiary alicyclic amines) is 1. The van der Waals surface area contributed by atoms with Crippen molar-refractivity contribution in [3.05, 3.63) is 29.6 Å². The van der Waals surface area contributed by atoms with Gasteiger partial charge < -0.3 is 10.6 Å². The lowest BCUT2D eigenvalue weighted by Crippen LogP contribution is -2.44. The molecule has 4 nitrogen and oxygen atoms in total. The standard InChI is InChI=1S/C16H24FN3O/c1-12(20-9-4-3-5-10-20)11-19-16(21)13-7-6-8-14(17)15(13)18-2/h6-8,12,18H,3-5,9-11H2,1-2H3,(H,19,21). The molecule has 1 unspecified atom stereocenters. The topological polar surface area (TPSA) is 44.4 Å². The van der Waals surface area contributed by atoms with Gasteiger partial charge in [0, 0.05) is 19.6 Å². The summed E-state index contributed by atoms with van der Waals surface area (Å²) < 4.78 is 13.6. The molecular weight excluding hydrogens is 269 g/mol. The molecule has 2 N–H and O–H groups in total. The van der Waals surface area contributed by atoms with E-state index < -0.39 is 5.82 Å². The molecular formula is C16H24FN3O. The Morgan fingerprint density at radius 1 is 1.33 bits per heavy atom. The zero-order valence-electron chi connectivity index (χ0n) is 12.8. The largest absolute Gasteiger partial charge is 0.385 e. The number of piperidine rings is 1. The van der Waals surface area contributed by atoms with E-state index >= 15 is 0 Å². The van der Waals surface area contributed by atoms with Crippen LogP contribution in [0, 0.1) is 5.82 Å². The highest BCUT2D eigenvalue weighted by Crippen LogP contribution is 2.19. The van der Waals surface area contributed by atoms with E-state index in [4.69, 9.17) is 0 Å². The van der Waals surface area contributed by atoms with Crippen LogP contribution in [0.3, 0.4) is 0 Å². The van der Waals surface area contributed by atoms with Crippen LogP contribution in [-0.2, 0) is 0 Å². The van der Waals surface area contributed by atoms with Gasteiger partial charge in [-0.3, -0.25) is 9.69 Å². The summed E-state index contributed by atoms with van der Waals surface area (Å²) >= 11 is 0. The lowest BCUT2D eigenvalue weighted by atomic mass is 10.1. The monoisotopic (exact) mass is 293 g/mol. The summed E-state index contributed by atoms with van der Waals surface area (Å²) in [5.74, 6) is -0.642. The number of nitrogens with one attached hydrogen (secondary N) is 2. The number of halogens is 1. The summed E-state index contributed by atoms with van der Waals surface area (Å²) in [7, 11) is 1.62.